The maximum atomic E-state index is 12.7. The Morgan fingerprint density at radius 1 is 1.33 bits per heavy atom. The van der Waals surface area contributed by atoms with Gasteiger partial charge in [-0.25, -0.2) is 0 Å². The molecule has 1 aliphatic rings. The fraction of sp³-hybridized carbons (Fsp3) is 0.533. The van der Waals surface area contributed by atoms with Gasteiger partial charge in [0.15, 0.2) is 0 Å². The molecule has 1 saturated heterocycles. The van der Waals surface area contributed by atoms with Crippen molar-refractivity contribution in [2.45, 2.75) is 38.0 Å². The first kappa shape index (κ1) is 15.8. The monoisotopic (exact) mass is 301 g/mol. The zero-order valence-electron chi connectivity index (χ0n) is 11.8. The maximum absolute atomic E-state index is 12.7. The molecule has 3 nitrogen and oxygen atoms in total. The molecule has 6 heteroatoms. The number of benzene rings is 1. The van der Waals surface area contributed by atoms with Gasteiger partial charge in [0, 0.05) is 19.5 Å². The van der Waals surface area contributed by atoms with E-state index in [9.17, 15) is 23.1 Å². The van der Waals surface area contributed by atoms with Crippen LogP contribution in [0.1, 0.15) is 37.3 Å². The highest BCUT2D eigenvalue weighted by molar-refractivity contribution is 5.75. The molecular weight excluding hydrogens is 283 g/mol. The van der Waals surface area contributed by atoms with Crippen molar-refractivity contribution in [1.82, 2.24) is 4.90 Å². The number of halogens is 3. The zero-order valence-corrected chi connectivity index (χ0v) is 11.8. The van der Waals surface area contributed by atoms with Gasteiger partial charge in [-0.1, -0.05) is 19.1 Å². The number of amides is 1. The van der Waals surface area contributed by atoms with Gasteiger partial charge in [0.2, 0.25) is 5.91 Å². The van der Waals surface area contributed by atoms with E-state index in [0.717, 1.165) is 12.1 Å². The lowest BCUT2D eigenvalue weighted by molar-refractivity contribution is -0.137. The van der Waals surface area contributed by atoms with Crippen molar-refractivity contribution in [3.63, 3.8) is 0 Å². The molecule has 1 aromatic rings. The summed E-state index contributed by atoms with van der Waals surface area (Å²) in [6.45, 7) is 2.48. The van der Waals surface area contributed by atoms with Crippen LogP contribution >= 0.6 is 0 Å². The van der Waals surface area contributed by atoms with Gasteiger partial charge in [0.1, 0.15) is 0 Å². The van der Waals surface area contributed by atoms with E-state index >= 15 is 0 Å². The smallest absolute Gasteiger partial charge is 0.385 e. The van der Waals surface area contributed by atoms with Crippen LogP contribution in [-0.2, 0) is 16.6 Å². The normalized spacial score (nSPS) is 18.6. The molecule has 0 saturated carbocycles. The predicted molar refractivity (Wildman–Crippen MR) is 71.4 cm³/mol. The highest BCUT2D eigenvalue weighted by atomic mass is 19.4. The molecule has 0 bridgehead atoms. The molecule has 1 N–H and O–H groups in total. The summed E-state index contributed by atoms with van der Waals surface area (Å²) in [5.74, 6) is 0.00101. The van der Waals surface area contributed by atoms with Crippen LogP contribution in [0, 0.1) is 0 Å². The summed E-state index contributed by atoms with van der Waals surface area (Å²) >= 11 is 0. The molecule has 1 heterocycles. The van der Waals surface area contributed by atoms with Gasteiger partial charge in [-0.05, 0) is 30.5 Å². The highest BCUT2D eigenvalue weighted by Gasteiger charge is 2.37. The van der Waals surface area contributed by atoms with E-state index in [-0.39, 0.29) is 24.3 Å². The lowest BCUT2D eigenvalue weighted by Gasteiger charge is -2.38. The largest absolute Gasteiger partial charge is 0.416 e. The summed E-state index contributed by atoms with van der Waals surface area (Å²) in [6.07, 6.45) is -3.53. The van der Waals surface area contributed by atoms with E-state index in [4.69, 9.17) is 0 Å². The van der Waals surface area contributed by atoms with E-state index in [1.54, 1.807) is 11.8 Å². The van der Waals surface area contributed by atoms with Crippen molar-refractivity contribution >= 4 is 5.91 Å². The number of piperidine rings is 1. The van der Waals surface area contributed by atoms with Crippen molar-refractivity contribution in [1.29, 1.82) is 0 Å². The maximum Gasteiger partial charge on any atom is 0.416 e. The number of hydrogen-bond donors (Lipinski definition) is 1. The first-order chi connectivity index (χ1) is 9.76. The molecular formula is C15H18F3NO2. The van der Waals surface area contributed by atoms with E-state index in [1.807, 2.05) is 0 Å². The van der Waals surface area contributed by atoms with Gasteiger partial charge in [0.25, 0.3) is 0 Å². The van der Waals surface area contributed by atoms with Crippen molar-refractivity contribution in [3.8, 4) is 0 Å². The fourth-order valence-electron chi connectivity index (χ4n) is 2.62. The Morgan fingerprint density at radius 3 is 2.48 bits per heavy atom. The third-order valence-corrected chi connectivity index (χ3v) is 3.97. The average Bonchev–Trinajstić information content (AvgIpc) is 2.46. The molecule has 116 valence electrons. The number of hydrogen-bond acceptors (Lipinski definition) is 2. The molecule has 0 spiro atoms. The summed E-state index contributed by atoms with van der Waals surface area (Å²) in [4.78, 5) is 13.2. The number of carbonyl (C=O) groups is 1. The Hall–Kier alpha value is -1.56. The molecule has 1 fully saturated rings. The molecule has 0 atom stereocenters. The Bertz CT molecular complexity index is 520. The zero-order chi connectivity index (χ0) is 15.7. The summed E-state index contributed by atoms with van der Waals surface area (Å²) in [5, 5.41) is 10.6. The van der Waals surface area contributed by atoms with Crippen LogP contribution in [0.5, 0.6) is 0 Å². The summed E-state index contributed by atoms with van der Waals surface area (Å²) in [6, 6.07) is 4.80. The molecule has 1 amide bonds. The van der Waals surface area contributed by atoms with Gasteiger partial charge < -0.3 is 10.0 Å². The van der Waals surface area contributed by atoms with Gasteiger partial charge in [-0.3, -0.25) is 4.79 Å². The van der Waals surface area contributed by atoms with Crippen LogP contribution in [0.3, 0.4) is 0 Å². The minimum atomic E-state index is -4.43. The topological polar surface area (TPSA) is 40.5 Å². The Labute approximate surface area is 121 Å². The van der Waals surface area contributed by atoms with Gasteiger partial charge in [0.05, 0.1) is 11.2 Å². The van der Waals surface area contributed by atoms with Gasteiger partial charge in [-0.2, -0.15) is 13.2 Å². The van der Waals surface area contributed by atoms with E-state index < -0.39 is 17.3 Å². The van der Waals surface area contributed by atoms with E-state index in [2.05, 4.69) is 0 Å². The quantitative estimate of drug-likeness (QED) is 0.912. The summed E-state index contributed by atoms with van der Waals surface area (Å²) < 4.78 is 38.2. The standard InChI is InChI=1S/C15H18F3NO2/c1-2-13(20)19-8-6-14(21,7-9-19)11-4-3-5-12(10-11)15(16,17)18/h3-5,10,21H,2,6-9H2,1H3. The van der Waals surface area contributed by atoms with Crippen molar-refractivity contribution in [2.75, 3.05) is 13.1 Å². The van der Waals surface area contributed by atoms with Gasteiger partial charge >= 0.3 is 6.18 Å². The second-order valence-corrected chi connectivity index (χ2v) is 5.34. The molecule has 0 radical (unpaired) electrons. The summed E-state index contributed by atoms with van der Waals surface area (Å²) in [7, 11) is 0. The Morgan fingerprint density at radius 2 is 1.95 bits per heavy atom. The van der Waals surface area contributed by atoms with Crippen molar-refractivity contribution < 1.29 is 23.1 Å². The number of likely N-dealkylation sites (tertiary alicyclic amines) is 1. The van der Waals surface area contributed by atoms with Crippen LogP contribution in [0.2, 0.25) is 0 Å². The van der Waals surface area contributed by atoms with Crippen LogP contribution in [0.15, 0.2) is 24.3 Å². The fourth-order valence-corrected chi connectivity index (χ4v) is 2.62. The van der Waals surface area contributed by atoms with E-state index in [1.165, 1.54) is 12.1 Å². The Balaban J connectivity index is 2.17. The molecule has 2 rings (SSSR count). The molecule has 0 aliphatic carbocycles. The molecule has 1 aliphatic heterocycles. The first-order valence-electron chi connectivity index (χ1n) is 6.94. The number of nitrogens with zero attached hydrogens (tertiary/aromatic N) is 1. The van der Waals surface area contributed by atoms with Crippen LogP contribution in [-0.4, -0.2) is 29.0 Å². The second-order valence-electron chi connectivity index (χ2n) is 5.34. The van der Waals surface area contributed by atoms with E-state index in [0.29, 0.717) is 19.5 Å². The molecule has 0 aromatic heterocycles. The van der Waals surface area contributed by atoms with Crippen molar-refractivity contribution in [2.24, 2.45) is 0 Å². The molecule has 0 unspecified atom stereocenters. The molecule has 21 heavy (non-hydrogen) atoms. The Kier molecular flexibility index (Phi) is 4.27. The third-order valence-electron chi connectivity index (χ3n) is 3.97. The number of rotatable bonds is 2. The van der Waals surface area contributed by atoms with Crippen LogP contribution < -0.4 is 0 Å². The number of carbonyl (C=O) groups excluding carboxylic acids is 1. The lowest BCUT2D eigenvalue weighted by atomic mass is 9.83. The van der Waals surface area contributed by atoms with Crippen LogP contribution in [0.4, 0.5) is 13.2 Å². The second kappa shape index (κ2) is 5.67. The van der Waals surface area contributed by atoms with Crippen molar-refractivity contribution in [3.05, 3.63) is 35.4 Å². The predicted octanol–water partition coefficient (Wildman–Crippen LogP) is 2.93. The first-order valence-corrected chi connectivity index (χ1v) is 6.94. The number of alkyl halides is 3. The molecule has 1 aromatic carbocycles. The SMILES string of the molecule is CCC(=O)N1CCC(O)(c2cccc(C(F)(F)F)c2)CC1. The minimum absolute atomic E-state index is 0.00101. The summed E-state index contributed by atoms with van der Waals surface area (Å²) in [5.41, 5.74) is -1.80. The average molecular weight is 301 g/mol. The lowest BCUT2D eigenvalue weighted by Crippen LogP contribution is -2.45. The van der Waals surface area contributed by atoms with Crippen LogP contribution in [0.25, 0.3) is 0 Å². The third kappa shape index (κ3) is 3.37. The highest BCUT2D eigenvalue weighted by Crippen LogP contribution is 2.36. The minimum Gasteiger partial charge on any atom is -0.385 e. The van der Waals surface area contributed by atoms with Gasteiger partial charge in [-0.15, -0.1) is 0 Å². The number of aliphatic hydroxyl groups is 1.